The molecule has 0 fully saturated rings. The lowest BCUT2D eigenvalue weighted by Gasteiger charge is -2.12. The molecule has 1 amide bonds. The number of anilines is 1. The zero-order valence-electron chi connectivity index (χ0n) is 10.3. The average molecular weight is 270 g/mol. The van der Waals surface area contributed by atoms with Gasteiger partial charge in [0.25, 0.3) is 0 Å². The molecule has 0 unspecified atom stereocenters. The van der Waals surface area contributed by atoms with Crippen molar-refractivity contribution in [3.63, 3.8) is 0 Å². The first-order chi connectivity index (χ1) is 8.45. The molecule has 7 nitrogen and oxygen atoms in total. The molecule has 0 aromatic carbocycles. The number of hydrogen-bond donors (Lipinski definition) is 2. The van der Waals surface area contributed by atoms with E-state index in [4.69, 9.17) is 5.11 Å². The van der Waals surface area contributed by atoms with Gasteiger partial charge < -0.3 is 15.3 Å². The summed E-state index contributed by atoms with van der Waals surface area (Å²) in [6, 6.07) is 0. The van der Waals surface area contributed by atoms with E-state index in [1.54, 1.807) is 20.4 Å². The number of carbonyl (C=O) groups is 2. The molecule has 0 atom stereocenters. The van der Waals surface area contributed by atoms with E-state index in [-0.39, 0.29) is 23.8 Å². The van der Waals surface area contributed by atoms with Gasteiger partial charge in [0.2, 0.25) is 5.91 Å². The zero-order chi connectivity index (χ0) is 13.7. The van der Waals surface area contributed by atoms with Crippen molar-refractivity contribution in [1.82, 2.24) is 14.9 Å². The van der Waals surface area contributed by atoms with Crippen molar-refractivity contribution >= 4 is 29.5 Å². The molecule has 0 spiro atoms. The van der Waals surface area contributed by atoms with Crippen molar-refractivity contribution in [3.05, 3.63) is 11.8 Å². The monoisotopic (exact) mass is 270 g/mol. The number of hydrogen-bond acceptors (Lipinski definition) is 6. The third-order valence-corrected chi connectivity index (χ3v) is 2.65. The van der Waals surface area contributed by atoms with Gasteiger partial charge >= 0.3 is 5.97 Å². The van der Waals surface area contributed by atoms with Crippen molar-refractivity contribution in [1.29, 1.82) is 0 Å². The fourth-order valence-electron chi connectivity index (χ4n) is 1.07. The van der Waals surface area contributed by atoms with Crippen molar-refractivity contribution in [2.75, 3.05) is 32.2 Å². The first kappa shape index (κ1) is 14.2. The molecule has 1 heterocycles. The van der Waals surface area contributed by atoms with Crippen LogP contribution in [-0.4, -0.2) is 58.7 Å². The molecular weight excluding hydrogens is 256 g/mol. The summed E-state index contributed by atoms with van der Waals surface area (Å²) in [4.78, 5) is 31.7. The summed E-state index contributed by atoms with van der Waals surface area (Å²) in [6.07, 6.45) is 3.01. The molecule has 0 aliphatic carbocycles. The zero-order valence-corrected chi connectivity index (χ0v) is 11.1. The second kappa shape index (κ2) is 6.20. The Balaban J connectivity index is 2.91. The van der Waals surface area contributed by atoms with Gasteiger partial charge in [0.15, 0.2) is 5.16 Å². The number of rotatable bonds is 5. The quantitative estimate of drug-likeness (QED) is 0.590. The number of likely N-dealkylation sites (N-methyl/N-ethyl adjacent to an activating group) is 1. The number of aromatic carboxylic acids is 1. The maximum atomic E-state index is 11.4. The Kier molecular flexibility index (Phi) is 4.90. The minimum Gasteiger partial charge on any atom is -0.477 e. The van der Waals surface area contributed by atoms with E-state index in [1.807, 2.05) is 0 Å². The molecule has 0 saturated heterocycles. The smallest absolute Gasteiger partial charge is 0.341 e. The summed E-state index contributed by atoms with van der Waals surface area (Å²) >= 11 is 1.29. The summed E-state index contributed by atoms with van der Waals surface area (Å²) in [5, 5.41) is 12.1. The second-order valence-corrected chi connectivity index (χ2v) is 4.34. The number of amides is 1. The highest BCUT2D eigenvalue weighted by Crippen LogP contribution is 2.16. The predicted molar refractivity (Wildman–Crippen MR) is 68.0 cm³/mol. The van der Waals surface area contributed by atoms with Gasteiger partial charge in [0.1, 0.15) is 11.4 Å². The molecule has 1 rings (SSSR count). The number of carboxylic acid groups (broad SMARTS) is 1. The summed E-state index contributed by atoms with van der Waals surface area (Å²) < 4.78 is 0. The lowest BCUT2D eigenvalue weighted by atomic mass is 10.3. The average Bonchev–Trinajstić information content (AvgIpc) is 2.34. The molecular formula is C10H14N4O3S. The SMILES string of the molecule is CSc1ncc(C(=O)O)c(NCC(=O)N(C)C)n1. The van der Waals surface area contributed by atoms with Crippen LogP contribution in [0, 0.1) is 0 Å². The number of nitrogens with one attached hydrogen (secondary N) is 1. The van der Waals surface area contributed by atoms with Crippen LogP contribution in [0.1, 0.15) is 10.4 Å². The molecule has 18 heavy (non-hydrogen) atoms. The van der Waals surface area contributed by atoms with Crippen molar-refractivity contribution in [3.8, 4) is 0 Å². The van der Waals surface area contributed by atoms with Crippen LogP contribution in [0.25, 0.3) is 0 Å². The molecule has 1 aromatic rings. The Hall–Kier alpha value is -1.83. The summed E-state index contributed by atoms with van der Waals surface area (Å²) in [7, 11) is 3.24. The van der Waals surface area contributed by atoms with Crippen LogP contribution >= 0.6 is 11.8 Å². The molecule has 8 heteroatoms. The van der Waals surface area contributed by atoms with Crippen LogP contribution in [0.5, 0.6) is 0 Å². The van der Waals surface area contributed by atoms with Gasteiger partial charge in [-0.1, -0.05) is 11.8 Å². The molecule has 0 aliphatic rings. The van der Waals surface area contributed by atoms with E-state index in [9.17, 15) is 9.59 Å². The van der Waals surface area contributed by atoms with E-state index in [0.29, 0.717) is 5.16 Å². The Bertz CT molecular complexity index is 464. The molecule has 1 aromatic heterocycles. The largest absolute Gasteiger partial charge is 0.477 e. The van der Waals surface area contributed by atoms with Gasteiger partial charge in [0, 0.05) is 20.3 Å². The molecule has 0 radical (unpaired) electrons. The number of nitrogens with zero attached hydrogens (tertiary/aromatic N) is 3. The molecule has 2 N–H and O–H groups in total. The van der Waals surface area contributed by atoms with E-state index >= 15 is 0 Å². The molecule has 0 aliphatic heterocycles. The Morgan fingerprint density at radius 2 is 2.17 bits per heavy atom. The van der Waals surface area contributed by atoms with Gasteiger partial charge in [0.05, 0.1) is 6.54 Å². The molecule has 0 bridgehead atoms. The number of aromatic nitrogens is 2. The first-order valence-electron chi connectivity index (χ1n) is 5.04. The van der Waals surface area contributed by atoms with Gasteiger partial charge in [-0.3, -0.25) is 4.79 Å². The van der Waals surface area contributed by atoms with Crippen LogP contribution in [-0.2, 0) is 4.79 Å². The topological polar surface area (TPSA) is 95.4 Å². The van der Waals surface area contributed by atoms with Crippen molar-refractivity contribution in [2.24, 2.45) is 0 Å². The third-order valence-electron chi connectivity index (χ3n) is 2.09. The van der Waals surface area contributed by atoms with E-state index < -0.39 is 5.97 Å². The highest BCUT2D eigenvalue weighted by Gasteiger charge is 2.14. The van der Waals surface area contributed by atoms with E-state index in [2.05, 4.69) is 15.3 Å². The van der Waals surface area contributed by atoms with Crippen molar-refractivity contribution in [2.45, 2.75) is 5.16 Å². The molecule has 0 saturated carbocycles. The van der Waals surface area contributed by atoms with E-state index in [0.717, 1.165) is 0 Å². The Labute approximate surface area is 109 Å². The normalized spacial score (nSPS) is 9.94. The maximum absolute atomic E-state index is 11.4. The predicted octanol–water partition coefficient (Wildman–Crippen LogP) is 0.397. The van der Waals surface area contributed by atoms with Gasteiger partial charge in [-0.05, 0) is 6.26 Å². The van der Waals surface area contributed by atoms with Crippen molar-refractivity contribution < 1.29 is 14.7 Å². The maximum Gasteiger partial charge on any atom is 0.341 e. The summed E-state index contributed by atoms with van der Waals surface area (Å²) in [5.74, 6) is -1.16. The second-order valence-electron chi connectivity index (χ2n) is 3.57. The highest BCUT2D eigenvalue weighted by molar-refractivity contribution is 7.98. The highest BCUT2D eigenvalue weighted by atomic mass is 32.2. The van der Waals surface area contributed by atoms with Gasteiger partial charge in [-0.2, -0.15) is 0 Å². The fraction of sp³-hybridized carbons (Fsp3) is 0.400. The van der Waals surface area contributed by atoms with Crippen LogP contribution in [0.2, 0.25) is 0 Å². The van der Waals surface area contributed by atoms with Crippen LogP contribution < -0.4 is 5.32 Å². The lowest BCUT2D eigenvalue weighted by molar-refractivity contribution is -0.126. The van der Waals surface area contributed by atoms with Crippen LogP contribution in [0.15, 0.2) is 11.4 Å². The number of thioether (sulfide) groups is 1. The molecule has 98 valence electrons. The van der Waals surface area contributed by atoms with E-state index in [1.165, 1.54) is 22.9 Å². The Morgan fingerprint density at radius 1 is 1.50 bits per heavy atom. The minimum atomic E-state index is -1.14. The summed E-state index contributed by atoms with van der Waals surface area (Å²) in [6.45, 7) is -0.0158. The van der Waals surface area contributed by atoms with Gasteiger partial charge in [-0.25, -0.2) is 14.8 Å². The Morgan fingerprint density at radius 3 is 2.67 bits per heavy atom. The minimum absolute atomic E-state index is 0.0158. The summed E-state index contributed by atoms with van der Waals surface area (Å²) in [5.41, 5.74) is -0.0562. The third kappa shape index (κ3) is 3.59. The standard InChI is InChI=1S/C10H14N4O3S/c1-14(2)7(15)5-11-8-6(9(16)17)4-12-10(13-8)18-3/h4H,5H2,1-3H3,(H,16,17)(H,11,12,13). The fourth-order valence-corrected chi connectivity index (χ4v) is 1.41. The van der Waals surface area contributed by atoms with Crippen LogP contribution in [0.4, 0.5) is 5.82 Å². The lowest BCUT2D eigenvalue weighted by Crippen LogP contribution is -2.29. The number of carboxylic acids is 1. The van der Waals surface area contributed by atoms with Gasteiger partial charge in [-0.15, -0.1) is 0 Å². The number of carbonyl (C=O) groups excluding carboxylic acids is 1. The van der Waals surface area contributed by atoms with Crippen LogP contribution in [0.3, 0.4) is 0 Å². The first-order valence-corrected chi connectivity index (χ1v) is 6.26.